The highest BCUT2D eigenvalue weighted by Gasteiger charge is 2.21. The Morgan fingerprint density at radius 1 is 1.06 bits per heavy atom. The van der Waals surface area contributed by atoms with Gasteiger partial charge in [0.15, 0.2) is 0 Å². The highest BCUT2D eigenvalue weighted by molar-refractivity contribution is 7.90. The molecule has 1 atom stereocenters. The van der Waals surface area contributed by atoms with Crippen LogP contribution in [-0.2, 0) is 23.1 Å². The van der Waals surface area contributed by atoms with Gasteiger partial charge in [-0.1, -0.05) is 43.3 Å². The smallest absolute Gasteiger partial charge is 0.329 e. The van der Waals surface area contributed by atoms with Gasteiger partial charge in [0.2, 0.25) is 0 Å². The first kappa shape index (κ1) is 24.1. The molecule has 0 spiro atoms. The van der Waals surface area contributed by atoms with Gasteiger partial charge in [-0.3, -0.25) is 9.13 Å². The summed E-state index contributed by atoms with van der Waals surface area (Å²) >= 11 is 1.70. The van der Waals surface area contributed by atoms with E-state index in [1.165, 1.54) is 22.6 Å². The van der Waals surface area contributed by atoms with Crippen molar-refractivity contribution in [2.75, 3.05) is 6.54 Å². The summed E-state index contributed by atoms with van der Waals surface area (Å²) in [6.45, 7) is 2.96. The third-order valence-electron chi connectivity index (χ3n) is 6.35. The number of benzene rings is 2. The average molecular weight is 523 g/mol. The maximum absolute atomic E-state index is 13.4. The number of aromatic nitrogens is 2. The van der Waals surface area contributed by atoms with Crippen molar-refractivity contribution in [1.82, 2.24) is 19.2 Å². The van der Waals surface area contributed by atoms with E-state index in [0.717, 1.165) is 23.0 Å². The number of amides is 2. The molecule has 2 aromatic heterocycles. The van der Waals surface area contributed by atoms with Gasteiger partial charge in [-0.25, -0.2) is 22.7 Å². The van der Waals surface area contributed by atoms with Crippen LogP contribution in [0.5, 0.6) is 0 Å². The van der Waals surface area contributed by atoms with Crippen LogP contribution in [-0.4, -0.2) is 30.1 Å². The third-order valence-corrected chi connectivity index (χ3v) is 8.71. The zero-order valence-corrected chi connectivity index (χ0v) is 21.3. The standard InChI is InChI=1S/C26H26N4O4S2/c1-18-8-7-13-23-24(18)19(17-35-23)16-30-22-12-6-5-11-21(22)29(26(30)32)15-14-27-25(31)28-36(33,34)20-9-3-2-4-10-20/h2-7,9-13,17-18H,8,14-16H2,1H3,(H2,27,28,31). The van der Waals surface area contributed by atoms with Crippen LogP contribution in [0.15, 0.2) is 75.7 Å². The lowest BCUT2D eigenvalue weighted by atomic mass is 9.90. The summed E-state index contributed by atoms with van der Waals surface area (Å²) in [7, 11) is -3.97. The summed E-state index contributed by atoms with van der Waals surface area (Å²) in [5.41, 5.74) is 3.87. The number of thiophene rings is 1. The van der Waals surface area contributed by atoms with Crippen molar-refractivity contribution in [2.24, 2.45) is 0 Å². The Balaban J connectivity index is 1.33. The van der Waals surface area contributed by atoms with Crippen molar-refractivity contribution in [2.45, 2.75) is 37.2 Å². The molecule has 2 aromatic carbocycles. The number of para-hydroxylation sites is 2. The molecule has 0 aliphatic heterocycles. The van der Waals surface area contributed by atoms with Gasteiger partial charge >= 0.3 is 11.7 Å². The van der Waals surface area contributed by atoms with Gasteiger partial charge in [0.25, 0.3) is 10.0 Å². The maximum atomic E-state index is 13.4. The lowest BCUT2D eigenvalue weighted by Gasteiger charge is -2.16. The molecule has 2 amide bonds. The highest BCUT2D eigenvalue weighted by Crippen LogP contribution is 2.37. The predicted octanol–water partition coefficient (Wildman–Crippen LogP) is 4.12. The SMILES string of the molecule is CC1CC=Cc2scc(Cn3c(=O)n(CCNC(=O)NS(=O)(=O)c4ccccc4)c4ccccc43)c21. The van der Waals surface area contributed by atoms with Crippen LogP contribution < -0.4 is 15.7 Å². The summed E-state index contributed by atoms with van der Waals surface area (Å²) in [5.74, 6) is 0.408. The maximum Gasteiger partial charge on any atom is 0.329 e. The van der Waals surface area contributed by atoms with Crippen molar-refractivity contribution in [3.8, 4) is 0 Å². The molecule has 0 fully saturated rings. The van der Waals surface area contributed by atoms with Crippen LogP contribution in [0.25, 0.3) is 17.1 Å². The Morgan fingerprint density at radius 2 is 1.75 bits per heavy atom. The second-order valence-electron chi connectivity index (χ2n) is 8.76. The molecule has 0 saturated carbocycles. The molecule has 36 heavy (non-hydrogen) atoms. The van der Waals surface area contributed by atoms with Crippen LogP contribution in [0.1, 0.15) is 35.3 Å². The minimum absolute atomic E-state index is 0.000123. The largest absolute Gasteiger partial charge is 0.336 e. The van der Waals surface area contributed by atoms with E-state index in [1.54, 1.807) is 38.7 Å². The number of urea groups is 1. The number of nitrogens with one attached hydrogen (secondary N) is 2. The van der Waals surface area contributed by atoms with Gasteiger partial charge in [0.1, 0.15) is 0 Å². The summed E-state index contributed by atoms with van der Waals surface area (Å²) in [6, 6.07) is 14.4. The molecule has 4 aromatic rings. The van der Waals surface area contributed by atoms with Crippen LogP contribution in [0, 0.1) is 0 Å². The van der Waals surface area contributed by atoms with Crippen molar-refractivity contribution in [1.29, 1.82) is 0 Å². The van der Waals surface area contributed by atoms with Crippen molar-refractivity contribution in [3.63, 3.8) is 0 Å². The average Bonchev–Trinajstić information content (AvgIpc) is 3.40. The number of fused-ring (bicyclic) bond motifs is 2. The van der Waals surface area contributed by atoms with Crippen LogP contribution in [0.2, 0.25) is 0 Å². The molecule has 0 radical (unpaired) electrons. The molecule has 5 rings (SSSR count). The van der Waals surface area contributed by atoms with E-state index in [9.17, 15) is 18.0 Å². The fourth-order valence-corrected chi connectivity index (χ4v) is 6.69. The molecule has 1 aliphatic carbocycles. The summed E-state index contributed by atoms with van der Waals surface area (Å²) < 4.78 is 30.1. The lowest BCUT2D eigenvalue weighted by molar-refractivity contribution is 0.245. The lowest BCUT2D eigenvalue weighted by Crippen LogP contribution is -2.41. The van der Waals surface area contributed by atoms with E-state index in [2.05, 4.69) is 29.8 Å². The van der Waals surface area contributed by atoms with E-state index in [0.29, 0.717) is 12.5 Å². The first-order valence-electron chi connectivity index (χ1n) is 11.7. The first-order valence-corrected chi connectivity index (χ1v) is 14.0. The van der Waals surface area contributed by atoms with E-state index >= 15 is 0 Å². The van der Waals surface area contributed by atoms with Crippen molar-refractivity contribution < 1.29 is 13.2 Å². The fraction of sp³-hybridized carbons (Fsp3) is 0.231. The zero-order chi connectivity index (χ0) is 25.3. The molecule has 1 unspecified atom stereocenters. The van der Waals surface area contributed by atoms with E-state index < -0.39 is 16.1 Å². The minimum atomic E-state index is -3.97. The second kappa shape index (κ2) is 9.79. The Morgan fingerprint density at radius 3 is 2.50 bits per heavy atom. The van der Waals surface area contributed by atoms with E-state index in [1.807, 2.05) is 29.0 Å². The number of hydrogen-bond acceptors (Lipinski definition) is 5. The topological polar surface area (TPSA) is 102 Å². The minimum Gasteiger partial charge on any atom is -0.336 e. The number of carbonyl (C=O) groups excluding carboxylic acids is 1. The molecule has 0 bridgehead atoms. The summed E-state index contributed by atoms with van der Waals surface area (Å²) in [6.07, 6.45) is 5.34. The quantitative estimate of drug-likeness (QED) is 0.381. The van der Waals surface area contributed by atoms with Gasteiger partial charge in [-0.05, 0) is 59.2 Å². The van der Waals surface area contributed by atoms with Crippen LogP contribution in [0.4, 0.5) is 4.79 Å². The molecule has 0 saturated heterocycles. The highest BCUT2D eigenvalue weighted by atomic mass is 32.2. The number of hydrogen-bond donors (Lipinski definition) is 2. The van der Waals surface area contributed by atoms with Gasteiger partial charge in [0.05, 0.1) is 22.5 Å². The predicted molar refractivity (Wildman–Crippen MR) is 142 cm³/mol. The van der Waals surface area contributed by atoms with Crippen molar-refractivity contribution >= 4 is 44.5 Å². The molecule has 1 aliphatic rings. The zero-order valence-electron chi connectivity index (χ0n) is 19.7. The number of nitrogens with zero attached hydrogens (tertiary/aromatic N) is 2. The normalized spacial score (nSPS) is 15.1. The Hall–Kier alpha value is -3.63. The number of sulfonamides is 1. The molecule has 10 heteroatoms. The van der Waals surface area contributed by atoms with E-state index in [4.69, 9.17) is 0 Å². The third kappa shape index (κ3) is 4.61. The number of allylic oxidation sites excluding steroid dienone is 1. The Kier molecular flexibility index (Phi) is 6.55. The Labute approximate surface area is 212 Å². The van der Waals surface area contributed by atoms with Gasteiger partial charge in [-0.15, -0.1) is 11.3 Å². The van der Waals surface area contributed by atoms with Gasteiger partial charge in [0, 0.05) is 18.0 Å². The molecule has 8 nitrogen and oxygen atoms in total. The summed E-state index contributed by atoms with van der Waals surface area (Å²) in [4.78, 5) is 27.0. The molecule has 186 valence electrons. The van der Waals surface area contributed by atoms with Gasteiger partial charge < -0.3 is 5.32 Å². The first-order chi connectivity index (χ1) is 17.3. The molecule has 2 heterocycles. The number of imidazole rings is 1. The monoisotopic (exact) mass is 522 g/mol. The fourth-order valence-electron chi connectivity index (χ4n) is 4.64. The second-order valence-corrected chi connectivity index (χ2v) is 11.4. The summed E-state index contributed by atoms with van der Waals surface area (Å²) in [5, 5.41) is 4.68. The molecular formula is C26H26N4O4S2. The van der Waals surface area contributed by atoms with Crippen LogP contribution in [0.3, 0.4) is 0 Å². The number of carbonyl (C=O) groups is 1. The van der Waals surface area contributed by atoms with Crippen molar-refractivity contribution in [3.05, 3.63) is 92.5 Å². The Bertz CT molecular complexity index is 1610. The molecule has 2 N–H and O–H groups in total. The number of rotatable bonds is 7. The van der Waals surface area contributed by atoms with E-state index in [-0.39, 0.29) is 23.7 Å². The van der Waals surface area contributed by atoms with Crippen LogP contribution >= 0.6 is 11.3 Å². The molecular weight excluding hydrogens is 496 g/mol. The van der Waals surface area contributed by atoms with Gasteiger partial charge in [-0.2, -0.15) is 0 Å².